The standard InChI is InChI=1S/C21H23NO4/c23-13-16(10-14-4-2-1-3-5-14)22-21(24)18-12-17(18)15-6-7-19-20(11-15)26-9-8-25-19/h1-7,11,16-18,23H,8-10,12-13H2,(H,22,24)/t16-,17-,18-/m0/s1. The van der Waals surface area contributed by atoms with Gasteiger partial charge >= 0.3 is 0 Å². The van der Waals surface area contributed by atoms with E-state index in [1.807, 2.05) is 48.5 Å². The van der Waals surface area contributed by atoms with Gasteiger partial charge in [-0.25, -0.2) is 0 Å². The van der Waals surface area contributed by atoms with Crippen molar-refractivity contribution in [3.63, 3.8) is 0 Å². The summed E-state index contributed by atoms with van der Waals surface area (Å²) < 4.78 is 11.2. The lowest BCUT2D eigenvalue weighted by Gasteiger charge is -2.19. The number of ether oxygens (including phenoxy) is 2. The van der Waals surface area contributed by atoms with Gasteiger partial charge in [-0.3, -0.25) is 4.79 Å². The molecule has 5 nitrogen and oxygen atoms in total. The third-order valence-corrected chi connectivity index (χ3v) is 5.01. The Morgan fingerprint density at radius 1 is 1.12 bits per heavy atom. The first-order valence-electron chi connectivity index (χ1n) is 9.09. The minimum Gasteiger partial charge on any atom is -0.486 e. The van der Waals surface area contributed by atoms with E-state index in [0.717, 1.165) is 29.0 Å². The number of carbonyl (C=O) groups excluding carboxylic acids is 1. The van der Waals surface area contributed by atoms with Crippen LogP contribution in [0, 0.1) is 5.92 Å². The van der Waals surface area contributed by atoms with Crippen LogP contribution in [0.2, 0.25) is 0 Å². The molecule has 2 aromatic carbocycles. The van der Waals surface area contributed by atoms with Crippen molar-refractivity contribution in [2.45, 2.75) is 24.8 Å². The molecule has 1 fully saturated rings. The van der Waals surface area contributed by atoms with E-state index in [1.165, 1.54) is 0 Å². The van der Waals surface area contributed by atoms with Crippen LogP contribution in [0.1, 0.15) is 23.5 Å². The second kappa shape index (κ2) is 7.38. The molecular formula is C21H23NO4. The fraction of sp³-hybridized carbons (Fsp3) is 0.381. The molecule has 136 valence electrons. The van der Waals surface area contributed by atoms with Crippen molar-refractivity contribution in [1.82, 2.24) is 5.32 Å². The number of fused-ring (bicyclic) bond motifs is 1. The lowest BCUT2D eigenvalue weighted by Crippen LogP contribution is -2.40. The lowest BCUT2D eigenvalue weighted by molar-refractivity contribution is -0.123. The molecule has 2 aromatic rings. The van der Waals surface area contributed by atoms with Crippen molar-refractivity contribution < 1.29 is 19.4 Å². The van der Waals surface area contributed by atoms with Crippen molar-refractivity contribution >= 4 is 5.91 Å². The molecule has 5 heteroatoms. The van der Waals surface area contributed by atoms with Crippen LogP contribution < -0.4 is 14.8 Å². The van der Waals surface area contributed by atoms with Gasteiger partial charge in [0, 0.05) is 5.92 Å². The normalized spacial score (nSPS) is 21.7. The minimum absolute atomic E-state index is 0.0138. The summed E-state index contributed by atoms with van der Waals surface area (Å²) in [5.41, 5.74) is 2.21. The van der Waals surface area contributed by atoms with E-state index < -0.39 is 0 Å². The molecule has 0 spiro atoms. The molecule has 2 aliphatic rings. The second-order valence-electron chi connectivity index (χ2n) is 6.93. The predicted octanol–water partition coefficient (Wildman–Crippen LogP) is 2.28. The van der Waals surface area contributed by atoms with Crippen molar-refractivity contribution in [2.24, 2.45) is 5.92 Å². The molecule has 1 amide bonds. The van der Waals surface area contributed by atoms with Crippen LogP contribution in [0.3, 0.4) is 0 Å². The van der Waals surface area contributed by atoms with Crippen LogP contribution in [-0.2, 0) is 11.2 Å². The molecule has 1 saturated carbocycles. The van der Waals surface area contributed by atoms with Crippen LogP contribution in [0.25, 0.3) is 0 Å². The molecule has 0 saturated heterocycles. The van der Waals surface area contributed by atoms with E-state index in [9.17, 15) is 9.90 Å². The van der Waals surface area contributed by atoms with E-state index in [2.05, 4.69) is 5.32 Å². The number of rotatable bonds is 6. The highest BCUT2D eigenvalue weighted by Gasteiger charge is 2.44. The van der Waals surface area contributed by atoms with Gasteiger partial charge in [0.15, 0.2) is 11.5 Å². The van der Waals surface area contributed by atoms with Crippen molar-refractivity contribution in [3.05, 3.63) is 59.7 Å². The second-order valence-corrected chi connectivity index (χ2v) is 6.93. The smallest absolute Gasteiger partial charge is 0.224 e. The quantitative estimate of drug-likeness (QED) is 0.836. The van der Waals surface area contributed by atoms with Crippen LogP contribution in [0.5, 0.6) is 11.5 Å². The molecule has 1 aliphatic carbocycles. The maximum atomic E-state index is 12.6. The van der Waals surface area contributed by atoms with Gasteiger partial charge in [-0.2, -0.15) is 0 Å². The Kier molecular flexibility index (Phi) is 4.80. The van der Waals surface area contributed by atoms with Gasteiger partial charge in [-0.15, -0.1) is 0 Å². The first kappa shape index (κ1) is 16.9. The molecule has 0 unspecified atom stereocenters. The van der Waals surface area contributed by atoms with E-state index >= 15 is 0 Å². The van der Waals surface area contributed by atoms with Gasteiger partial charge in [0.05, 0.1) is 12.6 Å². The summed E-state index contributed by atoms with van der Waals surface area (Å²) in [7, 11) is 0. The van der Waals surface area contributed by atoms with Gasteiger partial charge in [0.2, 0.25) is 5.91 Å². The molecule has 0 radical (unpaired) electrons. The zero-order valence-electron chi connectivity index (χ0n) is 14.6. The van der Waals surface area contributed by atoms with Gasteiger partial charge in [0.25, 0.3) is 0 Å². The molecule has 3 atom stereocenters. The average Bonchev–Trinajstić information content (AvgIpc) is 3.49. The molecule has 0 aromatic heterocycles. The van der Waals surface area contributed by atoms with E-state index in [4.69, 9.17) is 9.47 Å². The first-order chi connectivity index (χ1) is 12.7. The molecule has 1 aliphatic heterocycles. The largest absolute Gasteiger partial charge is 0.486 e. The minimum atomic E-state index is -0.258. The number of aliphatic hydroxyl groups is 1. The van der Waals surface area contributed by atoms with Crippen molar-refractivity contribution in [1.29, 1.82) is 0 Å². The highest BCUT2D eigenvalue weighted by molar-refractivity contribution is 5.83. The number of benzene rings is 2. The summed E-state index contributed by atoms with van der Waals surface area (Å²) in [4.78, 5) is 12.6. The number of amides is 1. The van der Waals surface area contributed by atoms with E-state index in [1.54, 1.807) is 0 Å². The fourth-order valence-corrected chi connectivity index (χ4v) is 3.51. The number of hydrogen-bond donors (Lipinski definition) is 2. The van der Waals surface area contributed by atoms with Crippen LogP contribution in [0.15, 0.2) is 48.5 Å². The molecule has 2 N–H and O–H groups in total. The maximum Gasteiger partial charge on any atom is 0.224 e. The SMILES string of the molecule is O=C(N[C@H](CO)Cc1ccccc1)[C@H]1C[C@H]1c1ccc2c(c1)OCCO2. The summed E-state index contributed by atoms with van der Waals surface area (Å²) in [5.74, 6) is 1.71. The van der Waals surface area contributed by atoms with E-state index in [-0.39, 0.29) is 30.4 Å². The Labute approximate surface area is 152 Å². The topological polar surface area (TPSA) is 67.8 Å². The molecule has 1 heterocycles. The zero-order chi connectivity index (χ0) is 17.9. The van der Waals surface area contributed by atoms with Gasteiger partial charge in [-0.1, -0.05) is 36.4 Å². The van der Waals surface area contributed by atoms with Gasteiger partial charge in [-0.05, 0) is 42.0 Å². The third kappa shape index (κ3) is 3.68. The average molecular weight is 353 g/mol. The number of nitrogens with one attached hydrogen (secondary N) is 1. The lowest BCUT2D eigenvalue weighted by atomic mass is 10.1. The number of hydrogen-bond acceptors (Lipinski definition) is 4. The number of carbonyl (C=O) groups is 1. The Hall–Kier alpha value is -2.53. The fourth-order valence-electron chi connectivity index (χ4n) is 3.51. The van der Waals surface area contributed by atoms with E-state index in [0.29, 0.717) is 19.6 Å². The molecular weight excluding hydrogens is 330 g/mol. The van der Waals surface area contributed by atoms with Crippen molar-refractivity contribution in [2.75, 3.05) is 19.8 Å². The zero-order valence-corrected chi connectivity index (χ0v) is 14.6. The van der Waals surface area contributed by atoms with Crippen LogP contribution >= 0.6 is 0 Å². The highest BCUT2D eigenvalue weighted by Crippen LogP contribution is 2.49. The Balaban J connectivity index is 1.36. The Morgan fingerprint density at radius 2 is 1.88 bits per heavy atom. The maximum absolute atomic E-state index is 12.6. The molecule has 4 rings (SSSR count). The summed E-state index contributed by atoms with van der Waals surface area (Å²) in [6.45, 7) is 1.06. The number of aliphatic hydroxyl groups excluding tert-OH is 1. The summed E-state index contributed by atoms with van der Waals surface area (Å²) in [6.07, 6.45) is 1.46. The Bertz CT molecular complexity index is 777. The van der Waals surface area contributed by atoms with Gasteiger partial charge in [0.1, 0.15) is 13.2 Å². The summed E-state index contributed by atoms with van der Waals surface area (Å²) in [5, 5.41) is 12.6. The third-order valence-electron chi connectivity index (χ3n) is 5.01. The predicted molar refractivity (Wildman–Crippen MR) is 97.4 cm³/mol. The van der Waals surface area contributed by atoms with Crippen molar-refractivity contribution in [3.8, 4) is 11.5 Å². The summed E-state index contributed by atoms with van der Waals surface area (Å²) in [6, 6.07) is 15.6. The summed E-state index contributed by atoms with van der Waals surface area (Å²) >= 11 is 0. The molecule has 0 bridgehead atoms. The molecule has 26 heavy (non-hydrogen) atoms. The van der Waals surface area contributed by atoms with Crippen LogP contribution in [0.4, 0.5) is 0 Å². The van der Waals surface area contributed by atoms with Gasteiger partial charge < -0.3 is 19.9 Å². The monoisotopic (exact) mass is 353 g/mol. The Morgan fingerprint density at radius 3 is 2.65 bits per heavy atom. The van der Waals surface area contributed by atoms with Crippen LogP contribution in [-0.4, -0.2) is 36.9 Å². The highest BCUT2D eigenvalue weighted by atomic mass is 16.6. The first-order valence-corrected chi connectivity index (χ1v) is 9.09.